The molecule has 36 aliphatic rings. The molecule has 24 bridgehead atoms. The Balaban J connectivity index is 0.0000000750. The first kappa shape index (κ1) is 82.8. The summed E-state index contributed by atoms with van der Waals surface area (Å²) in [4.78, 5) is 124. The smallest absolute Gasteiger partial charge is 0.255 e. The molecule has 0 aromatic rings. The number of carbonyl (C=O) groups is 11. The molecule has 0 aromatic heterocycles. The van der Waals surface area contributed by atoms with Crippen LogP contribution in [0, 0.1) is 284 Å². The number of rotatable bonds is 0. The maximum Gasteiger partial charge on any atom is 0.255 e. The standard InChI is InChI=1S/3C10H12O.3C9H10F2O.3C9H12O.C9H12.2C8H10O/c3*1-5-6-2-3-7-9(5)8(4-6)10(7)11;3*10-9(11)4-1-2-5-7(9)6(3-4)8(5)12;3*10-9-6-2-1-5-3-7(6)8(9)4-5;1-5-7-2-6-3-8(5)9(7)4-6;2*9-8-6-2-4-1-5(6)7(8)3-4/h3*6-9H,1-4H2;3*4-7H,1-3H2;3*5-8H,1-4H2;6-9H,1-4H2;2*4-7H,1-3H2/t2*6-,7-,8+,9+;;2*4-,5-,6+,7+;;2*5-,6+,7-,8-;;6?,7-,8+,9?;4?,5?,6-,7+;/m10.10.10..../s1. The van der Waals surface area contributed by atoms with Gasteiger partial charge in [0, 0.05) is 166 Å². The van der Waals surface area contributed by atoms with Gasteiger partial charge in [-0.2, -0.15) is 0 Å². The van der Waals surface area contributed by atoms with Crippen molar-refractivity contribution in [1.82, 2.24) is 0 Å². The molecule has 17 heteroatoms. The van der Waals surface area contributed by atoms with Crippen LogP contribution in [0.4, 0.5) is 26.3 Å². The van der Waals surface area contributed by atoms with E-state index in [1.165, 1.54) is 164 Å². The third-order valence-corrected chi connectivity index (χ3v) is 46.0. The summed E-state index contributed by atoms with van der Waals surface area (Å²) >= 11 is 0. The van der Waals surface area contributed by atoms with Crippen LogP contribution in [0.25, 0.3) is 0 Å². The number of hydrogen-bond acceptors (Lipinski definition) is 11. The van der Waals surface area contributed by atoms with Gasteiger partial charge in [-0.3, -0.25) is 52.7 Å². The fourth-order valence-corrected chi connectivity index (χ4v) is 39.6. The second-order valence-electron chi connectivity index (χ2n) is 50.0. The molecule has 36 saturated carbocycles. The van der Waals surface area contributed by atoms with Crippen molar-refractivity contribution >= 4 is 63.6 Å². The first-order valence-corrected chi connectivity index (χ1v) is 52.2. The fraction of sp³-hybridized carbons (Fsp3) is 0.826. The van der Waals surface area contributed by atoms with Crippen molar-refractivity contribution in [2.24, 2.45) is 284 Å². The third-order valence-electron chi connectivity index (χ3n) is 46.0. The van der Waals surface area contributed by atoms with Crippen LogP contribution < -0.4 is 0 Å². The maximum absolute atomic E-state index is 13.4. The number of carbonyl (C=O) groups excluding carboxylic acids is 11. The number of fused-ring (bicyclic) bond motifs is 12. The summed E-state index contributed by atoms with van der Waals surface area (Å²) in [6.45, 7) is 16.4. The Bertz CT molecular complexity index is 4200. The monoisotopic (exact) mass is 1730 g/mol. The summed E-state index contributed by atoms with van der Waals surface area (Å²) in [6.07, 6.45) is 43.8. The molecule has 0 N–H and O–H groups in total. The van der Waals surface area contributed by atoms with Crippen LogP contribution >= 0.6 is 0 Å². The zero-order chi connectivity index (χ0) is 86.5. The highest BCUT2D eigenvalue weighted by molar-refractivity contribution is 5.97. The third kappa shape index (κ3) is 11.7. The molecule has 0 aliphatic heterocycles. The molecule has 46 atom stereocenters. The highest BCUT2D eigenvalue weighted by Crippen LogP contribution is 2.72. The fourth-order valence-electron chi connectivity index (χ4n) is 39.6. The lowest BCUT2D eigenvalue weighted by atomic mass is 9.60. The molecule has 0 spiro atoms. The number of halogens is 6. The van der Waals surface area contributed by atoms with Crippen LogP contribution in [0.2, 0.25) is 0 Å². The van der Waals surface area contributed by atoms with Gasteiger partial charge in [-0.05, 0) is 369 Å². The molecule has 678 valence electrons. The van der Waals surface area contributed by atoms with E-state index in [1.807, 2.05) is 0 Å². The topological polar surface area (TPSA) is 188 Å². The van der Waals surface area contributed by atoms with E-state index in [9.17, 15) is 79.1 Å². The van der Waals surface area contributed by atoms with E-state index in [0.717, 1.165) is 141 Å². The van der Waals surface area contributed by atoms with Crippen LogP contribution in [0.3, 0.4) is 0 Å². The van der Waals surface area contributed by atoms with E-state index < -0.39 is 53.3 Å². The van der Waals surface area contributed by atoms with Gasteiger partial charge in [-0.25, -0.2) is 26.3 Å². The van der Waals surface area contributed by atoms with E-state index in [2.05, 4.69) is 26.3 Å². The van der Waals surface area contributed by atoms with Crippen molar-refractivity contribution in [2.75, 3.05) is 0 Å². The van der Waals surface area contributed by atoms with Gasteiger partial charge in [0.25, 0.3) is 17.8 Å². The zero-order valence-electron chi connectivity index (χ0n) is 73.9. The Labute approximate surface area is 739 Å². The average molecular weight is 1730 g/mol. The lowest BCUT2D eigenvalue weighted by molar-refractivity contribution is -0.173. The minimum atomic E-state index is -2.51. The second-order valence-corrected chi connectivity index (χ2v) is 50.0. The molecule has 0 heterocycles. The lowest BCUT2D eigenvalue weighted by Crippen LogP contribution is -2.53. The Morgan fingerprint density at radius 1 is 0.175 bits per heavy atom. The normalized spacial score (nSPS) is 55.5. The summed E-state index contributed by atoms with van der Waals surface area (Å²) in [5.74, 6) is 18.0. The highest BCUT2D eigenvalue weighted by Gasteiger charge is 2.75. The lowest BCUT2D eigenvalue weighted by Gasteiger charge is -2.44. The van der Waals surface area contributed by atoms with Crippen molar-refractivity contribution in [3.8, 4) is 0 Å². The van der Waals surface area contributed by atoms with Crippen molar-refractivity contribution in [1.29, 1.82) is 0 Å². The molecule has 0 amide bonds. The zero-order valence-corrected chi connectivity index (χ0v) is 73.9. The van der Waals surface area contributed by atoms with Gasteiger partial charge in [0.05, 0.1) is 0 Å². The van der Waals surface area contributed by atoms with Crippen LogP contribution in [0.1, 0.15) is 250 Å². The first-order chi connectivity index (χ1) is 60.4. The Hall–Kier alpha value is -5.09. The predicted octanol–water partition coefficient (Wildman–Crippen LogP) is 20.5. The number of alkyl halides is 6. The molecule has 36 rings (SSSR count). The minimum absolute atomic E-state index is 0.125. The molecular weight excluding hydrogens is 1600 g/mol. The van der Waals surface area contributed by atoms with Crippen molar-refractivity contribution in [3.63, 3.8) is 0 Å². The molecular formula is C109H134F6O11. The van der Waals surface area contributed by atoms with Crippen molar-refractivity contribution in [3.05, 3.63) is 48.6 Å². The second kappa shape index (κ2) is 29.2. The van der Waals surface area contributed by atoms with Gasteiger partial charge in [-0.1, -0.05) is 48.6 Å². The van der Waals surface area contributed by atoms with Gasteiger partial charge < -0.3 is 0 Å². The minimum Gasteiger partial charge on any atom is -0.299 e. The molecule has 0 saturated heterocycles. The number of ketones is 11. The summed E-state index contributed by atoms with van der Waals surface area (Å²) in [6, 6.07) is 0. The quantitative estimate of drug-likeness (QED) is 0.166. The van der Waals surface area contributed by atoms with Gasteiger partial charge in [-0.15, -0.1) is 0 Å². The molecule has 126 heavy (non-hydrogen) atoms. The highest BCUT2D eigenvalue weighted by atomic mass is 19.3. The van der Waals surface area contributed by atoms with Gasteiger partial charge in [0.15, 0.2) is 0 Å². The van der Waals surface area contributed by atoms with E-state index >= 15 is 0 Å². The number of hydrogen-bond donors (Lipinski definition) is 0. The van der Waals surface area contributed by atoms with E-state index in [4.69, 9.17) is 0 Å². The largest absolute Gasteiger partial charge is 0.299 e. The van der Waals surface area contributed by atoms with E-state index in [-0.39, 0.29) is 52.9 Å². The van der Waals surface area contributed by atoms with E-state index in [1.54, 1.807) is 12.0 Å². The van der Waals surface area contributed by atoms with Crippen LogP contribution in [0.15, 0.2) is 48.6 Å². The van der Waals surface area contributed by atoms with E-state index in [0.29, 0.717) is 215 Å². The number of Topliss-reactive ketones (excluding diaryl/α,β-unsaturated/α-hetero) is 11. The number of allylic oxidation sites excluding steroid dienone is 4. The van der Waals surface area contributed by atoms with Crippen LogP contribution in [-0.2, 0) is 52.7 Å². The average Bonchev–Trinajstić information content (AvgIpc) is 1.53. The molecule has 18 unspecified atom stereocenters. The first-order valence-electron chi connectivity index (χ1n) is 52.2. The Morgan fingerprint density at radius 2 is 0.381 bits per heavy atom. The summed E-state index contributed by atoms with van der Waals surface area (Å²) in [5, 5.41) is 0. The summed E-state index contributed by atoms with van der Waals surface area (Å²) in [7, 11) is 0. The van der Waals surface area contributed by atoms with Crippen molar-refractivity contribution < 1.29 is 79.1 Å². The predicted molar refractivity (Wildman–Crippen MR) is 454 cm³/mol. The van der Waals surface area contributed by atoms with Crippen LogP contribution in [-0.4, -0.2) is 81.4 Å². The molecule has 0 radical (unpaired) electrons. The summed E-state index contributed by atoms with van der Waals surface area (Å²) in [5.41, 5.74) is 5.83. The maximum atomic E-state index is 13.4. The van der Waals surface area contributed by atoms with Gasteiger partial charge >= 0.3 is 0 Å². The Morgan fingerprint density at radius 3 is 0.635 bits per heavy atom. The molecule has 0 aromatic carbocycles. The van der Waals surface area contributed by atoms with Crippen LogP contribution in [0.5, 0.6) is 0 Å². The van der Waals surface area contributed by atoms with Crippen molar-refractivity contribution in [2.45, 2.75) is 268 Å². The van der Waals surface area contributed by atoms with Gasteiger partial charge in [0.1, 0.15) is 63.6 Å². The SMILES string of the molecule is C=C1C2CCC3C(=O)C(C2)C13.C=C1[C@@H]2CC[C@H]3C(=O)[C@@H](C2)[C@@H]13.C=C1[C@H]2CC3CC2[C@H]1C3.C=C1[C@H]2CC[C@@H]3C(=O)[C@H](C2)[C@H]13.O=C1C2CC3CC1C2C3.O=C1C2CCC3CC1C2C3.O=C1C2CCC3CC1C2C3(F)F.O=C1[C@H]2CC3CC2[C@H]1C3.O=C1[C@H]2CC[C@@H]3C[C@H]2[C@H]1C3.O=C1[C@H]2CC[C@H]3C[C@@H]1[C@@H]2C3(F)F.O=C1[C@H]2C[C@H]3CC[C@@H]1[C@@H]2C3.O=C1[C@H]2C[C@H]3CC[C@@H]1[C@@H]2C3(F)F. The summed E-state index contributed by atoms with van der Waals surface area (Å²) < 4.78 is 80.1. The molecule has 36 fully saturated rings. The van der Waals surface area contributed by atoms with Gasteiger partial charge in [0.2, 0.25) is 0 Å². The molecule has 11 nitrogen and oxygen atoms in total. The molecule has 36 aliphatic carbocycles. The Kier molecular flexibility index (Phi) is 19.2.